The molecule has 0 radical (unpaired) electrons. The van der Waals surface area contributed by atoms with E-state index in [1.165, 1.54) is 0 Å². The van der Waals surface area contributed by atoms with Crippen molar-refractivity contribution in [1.29, 1.82) is 0 Å². The van der Waals surface area contributed by atoms with Gasteiger partial charge in [-0.2, -0.15) is 0 Å². The lowest BCUT2D eigenvalue weighted by Gasteiger charge is -2.31. The molecule has 4 nitrogen and oxygen atoms in total. The van der Waals surface area contributed by atoms with E-state index < -0.39 is 0 Å². The molecular weight excluding hydrogens is 190 g/mol. The molecule has 0 aliphatic heterocycles. The number of anilines is 1. The molecule has 0 fully saturated rings. The van der Waals surface area contributed by atoms with Gasteiger partial charge in [0.05, 0.1) is 12.1 Å². The van der Waals surface area contributed by atoms with Crippen LogP contribution in [0.25, 0.3) is 0 Å². The maximum absolute atomic E-state index is 9.40. The van der Waals surface area contributed by atoms with E-state index in [1.807, 2.05) is 13.0 Å². The number of nitrogens with one attached hydrogen (secondary N) is 1. The highest BCUT2D eigenvalue weighted by Crippen LogP contribution is 2.20. The number of aliphatic hydroxyl groups excluding tert-OH is 1. The molecule has 0 aliphatic rings. The zero-order valence-electron chi connectivity index (χ0n) is 9.62. The van der Waals surface area contributed by atoms with Crippen LogP contribution in [-0.2, 0) is 0 Å². The molecule has 4 heteroatoms. The fraction of sp³-hybridized carbons (Fsp3) is 0.636. The normalized spacial score (nSPS) is 11.5. The zero-order chi connectivity index (χ0) is 11.3. The van der Waals surface area contributed by atoms with Gasteiger partial charge in [0.1, 0.15) is 11.6 Å². The van der Waals surface area contributed by atoms with Crippen LogP contribution in [0.4, 0.5) is 5.82 Å². The first-order chi connectivity index (χ1) is 7.15. The SMILES string of the molecule is CCC(CC)(CO)Nc1ccnc(C)n1. The van der Waals surface area contributed by atoms with Crippen LogP contribution >= 0.6 is 0 Å². The van der Waals surface area contributed by atoms with Gasteiger partial charge in [0.15, 0.2) is 0 Å². The molecule has 1 aromatic heterocycles. The Labute approximate surface area is 90.8 Å². The summed E-state index contributed by atoms with van der Waals surface area (Å²) in [4.78, 5) is 8.30. The summed E-state index contributed by atoms with van der Waals surface area (Å²) in [6.07, 6.45) is 3.45. The fourth-order valence-corrected chi connectivity index (χ4v) is 1.49. The highest BCUT2D eigenvalue weighted by Gasteiger charge is 2.25. The third kappa shape index (κ3) is 2.89. The molecule has 0 bridgehead atoms. The summed E-state index contributed by atoms with van der Waals surface area (Å²) < 4.78 is 0. The summed E-state index contributed by atoms with van der Waals surface area (Å²) in [5, 5.41) is 12.7. The molecule has 84 valence electrons. The summed E-state index contributed by atoms with van der Waals surface area (Å²) in [6.45, 7) is 6.08. The molecule has 0 saturated heterocycles. The first-order valence-corrected chi connectivity index (χ1v) is 5.34. The van der Waals surface area contributed by atoms with Crippen LogP contribution in [0, 0.1) is 6.92 Å². The summed E-state index contributed by atoms with van der Waals surface area (Å²) in [7, 11) is 0. The van der Waals surface area contributed by atoms with E-state index in [4.69, 9.17) is 0 Å². The van der Waals surface area contributed by atoms with Gasteiger partial charge in [0, 0.05) is 6.20 Å². The number of aromatic nitrogens is 2. The van der Waals surface area contributed by atoms with Crippen LogP contribution in [0.5, 0.6) is 0 Å². The van der Waals surface area contributed by atoms with Crippen LogP contribution < -0.4 is 5.32 Å². The van der Waals surface area contributed by atoms with Gasteiger partial charge >= 0.3 is 0 Å². The average molecular weight is 209 g/mol. The summed E-state index contributed by atoms with van der Waals surface area (Å²) in [5.74, 6) is 1.51. The van der Waals surface area contributed by atoms with Crippen molar-refractivity contribution < 1.29 is 5.11 Å². The van der Waals surface area contributed by atoms with Gasteiger partial charge in [-0.15, -0.1) is 0 Å². The zero-order valence-corrected chi connectivity index (χ0v) is 9.62. The Morgan fingerprint density at radius 2 is 2.07 bits per heavy atom. The van der Waals surface area contributed by atoms with E-state index in [1.54, 1.807) is 6.20 Å². The predicted molar refractivity (Wildman–Crippen MR) is 60.8 cm³/mol. The lowest BCUT2D eigenvalue weighted by molar-refractivity contribution is 0.202. The van der Waals surface area contributed by atoms with Crippen molar-refractivity contribution in [3.05, 3.63) is 18.1 Å². The monoisotopic (exact) mass is 209 g/mol. The molecule has 0 aliphatic carbocycles. The van der Waals surface area contributed by atoms with Gasteiger partial charge in [0.25, 0.3) is 0 Å². The van der Waals surface area contributed by atoms with Crippen molar-refractivity contribution in [2.45, 2.75) is 39.2 Å². The number of nitrogens with zero attached hydrogens (tertiary/aromatic N) is 2. The van der Waals surface area contributed by atoms with Crippen molar-refractivity contribution in [3.63, 3.8) is 0 Å². The third-order valence-corrected chi connectivity index (χ3v) is 2.83. The van der Waals surface area contributed by atoms with E-state index in [9.17, 15) is 5.11 Å². The fourth-order valence-electron chi connectivity index (χ4n) is 1.49. The standard InChI is InChI=1S/C11H19N3O/c1-4-11(5-2,8-15)14-10-6-7-12-9(3)13-10/h6-7,15H,4-5,8H2,1-3H3,(H,12,13,14). The Kier molecular flexibility index (Phi) is 4.03. The largest absolute Gasteiger partial charge is 0.394 e. The Morgan fingerprint density at radius 1 is 1.40 bits per heavy atom. The molecule has 0 atom stereocenters. The first-order valence-electron chi connectivity index (χ1n) is 5.34. The number of hydrogen-bond donors (Lipinski definition) is 2. The van der Waals surface area contributed by atoms with E-state index in [0.29, 0.717) is 0 Å². The van der Waals surface area contributed by atoms with Crippen LogP contribution in [0.15, 0.2) is 12.3 Å². The average Bonchev–Trinajstić information content (AvgIpc) is 2.26. The molecule has 0 aromatic carbocycles. The van der Waals surface area contributed by atoms with Gasteiger partial charge in [-0.1, -0.05) is 13.8 Å². The minimum atomic E-state index is -0.263. The molecule has 15 heavy (non-hydrogen) atoms. The molecule has 0 amide bonds. The first kappa shape index (κ1) is 11.9. The molecular formula is C11H19N3O. The number of rotatable bonds is 5. The van der Waals surface area contributed by atoms with Crippen LogP contribution in [0.1, 0.15) is 32.5 Å². The smallest absolute Gasteiger partial charge is 0.130 e. The molecule has 0 unspecified atom stereocenters. The van der Waals surface area contributed by atoms with Gasteiger partial charge in [-0.05, 0) is 25.8 Å². The Hall–Kier alpha value is -1.16. The van der Waals surface area contributed by atoms with Gasteiger partial charge < -0.3 is 10.4 Å². The minimum absolute atomic E-state index is 0.114. The molecule has 2 N–H and O–H groups in total. The lowest BCUT2D eigenvalue weighted by atomic mass is 9.94. The van der Waals surface area contributed by atoms with Crippen molar-refractivity contribution in [1.82, 2.24) is 9.97 Å². The predicted octanol–water partition coefficient (Wildman–Crippen LogP) is 1.75. The number of hydrogen-bond acceptors (Lipinski definition) is 4. The molecule has 1 aromatic rings. The van der Waals surface area contributed by atoms with Crippen molar-refractivity contribution in [2.75, 3.05) is 11.9 Å². The second-order valence-corrected chi connectivity index (χ2v) is 3.76. The van der Waals surface area contributed by atoms with Crippen molar-refractivity contribution in [3.8, 4) is 0 Å². The summed E-state index contributed by atoms with van der Waals surface area (Å²) >= 11 is 0. The molecule has 1 heterocycles. The third-order valence-electron chi connectivity index (χ3n) is 2.83. The van der Waals surface area contributed by atoms with E-state index in [2.05, 4.69) is 29.1 Å². The topological polar surface area (TPSA) is 58.0 Å². The van der Waals surface area contributed by atoms with Crippen LogP contribution in [0.2, 0.25) is 0 Å². The van der Waals surface area contributed by atoms with Crippen LogP contribution in [-0.4, -0.2) is 27.2 Å². The van der Waals surface area contributed by atoms with Gasteiger partial charge in [-0.3, -0.25) is 0 Å². The molecule has 1 rings (SSSR count). The lowest BCUT2D eigenvalue weighted by Crippen LogP contribution is -2.41. The minimum Gasteiger partial charge on any atom is -0.394 e. The molecule has 0 spiro atoms. The Bertz CT molecular complexity index is 302. The van der Waals surface area contributed by atoms with Crippen molar-refractivity contribution >= 4 is 5.82 Å². The van der Waals surface area contributed by atoms with Crippen molar-refractivity contribution in [2.24, 2.45) is 0 Å². The highest BCUT2D eigenvalue weighted by molar-refractivity contribution is 5.36. The molecule has 0 saturated carbocycles. The van der Waals surface area contributed by atoms with E-state index >= 15 is 0 Å². The second kappa shape index (κ2) is 5.07. The Balaban J connectivity index is 2.82. The maximum atomic E-state index is 9.40. The van der Waals surface area contributed by atoms with Gasteiger partial charge in [0.2, 0.25) is 0 Å². The summed E-state index contributed by atoms with van der Waals surface area (Å²) in [5.41, 5.74) is -0.263. The quantitative estimate of drug-likeness (QED) is 0.775. The number of aliphatic hydroxyl groups is 1. The number of aryl methyl sites for hydroxylation is 1. The maximum Gasteiger partial charge on any atom is 0.130 e. The second-order valence-electron chi connectivity index (χ2n) is 3.76. The van der Waals surface area contributed by atoms with Gasteiger partial charge in [-0.25, -0.2) is 9.97 Å². The Morgan fingerprint density at radius 3 is 2.53 bits per heavy atom. The highest BCUT2D eigenvalue weighted by atomic mass is 16.3. The summed E-state index contributed by atoms with van der Waals surface area (Å²) in [6, 6.07) is 1.82. The van der Waals surface area contributed by atoms with Crippen LogP contribution in [0.3, 0.4) is 0 Å². The van der Waals surface area contributed by atoms with E-state index in [-0.39, 0.29) is 12.1 Å². The van der Waals surface area contributed by atoms with E-state index in [0.717, 1.165) is 24.5 Å².